The molecule has 0 radical (unpaired) electrons. The predicted octanol–water partition coefficient (Wildman–Crippen LogP) is 3.74. The molecule has 2 aromatic carbocycles. The molecule has 13 heteroatoms. The maximum Gasteiger partial charge on any atom is 0.271 e. The minimum atomic E-state index is -4.12. The molecule has 0 saturated carbocycles. The molecule has 0 aliphatic heterocycles. The van der Waals surface area contributed by atoms with Crippen molar-refractivity contribution in [3.8, 4) is 5.75 Å². The summed E-state index contributed by atoms with van der Waals surface area (Å²) >= 11 is 6.00. The Kier molecular flexibility index (Phi) is 10.1. The molecule has 0 spiro atoms. The molecule has 0 heterocycles. The summed E-state index contributed by atoms with van der Waals surface area (Å²) in [5, 5.41) is 14.7. The summed E-state index contributed by atoms with van der Waals surface area (Å²) in [6.07, 6.45) is 1.13. The molecule has 1 atom stereocenters. The SMILES string of the molecule is CC[C@@H](C(=O)NC(C)(C)C)N(Cc1ccc(Cl)cc1)C(=O)CN(c1cc([N+](=O)[O-])ccc1OC)S(C)(=O)=O. The second-order valence-electron chi connectivity index (χ2n) is 9.69. The van der Waals surface area contributed by atoms with Crippen LogP contribution in [0.2, 0.25) is 5.02 Å². The molecule has 208 valence electrons. The van der Waals surface area contributed by atoms with Crippen LogP contribution < -0.4 is 14.4 Å². The quantitative estimate of drug-likeness (QED) is 0.322. The zero-order valence-corrected chi connectivity index (χ0v) is 23.8. The lowest BCUT2D eigenvalue weighted by molar-refractivity contribution is -0.384. The van der Waals surface area contributed by atoms with Crippen LogP contribution in [0.4, 0.5) is 11.4 Å². The number of ether oxygens (including phenoxy) is 1. The first-order chi connectivity index (χ1) is 17.6. The van der Waals surface area contributed by atoms with Crippen LogP contribution in [0.1, 0.15) is 39.7 Å². The number of amides is 2. The predicted molar refractivity (Wildman–Crippen MR) is 146 cm³/mol. The number of sulfonamides is 1. The maximum absolute atomic E-state index is 13.8. The van der Waals surface area contributed by atoms with E-state index in [1.807, 2.05) is 20.8 Å². The minimum absolute atomic E-state index is 0.00422. The zero-order chi connectivity index (χ0) is 28.8. The first-order valence-corrected chi connectivity index (χ1v) is 14.0. The smallest absolute Gasteiger partial charge is 0.271 e. The largest absolute Gasteiger partial charge is 0.495 e. The van der Waals surface area contributed by atoms with Gasteiger partial charge in [0.05, 0.1) is 18.3 Å². The van der Waals surface area contributed by atoms with Crippen LogP contribution in [0.5, 0.6) is 5.75 Å². The first kappa shape index (κ1) is 30.8. The highest BCUT2D eigenvalue weighted by Gasteiger charge is 2.34. The van der Waals surface area contributed by atoms with Gasteiger partial charge in [-0.1, -0.05) is 30.7 Å². The molecule has 11 nitrogen and oxygen atoms in total. The first-order valence-electron chi connectivity index (χ1n) is 11.7. The Labute approximate surface area is 227 Å². The number of nitro benzene ring substituents is 1. The van der Waals surface area contributed by atoms with Gasteiger partial charge in [0.15, 0.2) is 0 Å². The number of nitrogens with zero attached hydrogens (tertiary/aromatic N) is 3. The Balaban J connectivity index is 2.57. The van der Waals surface area contributed by atoms with Gasteiger partial charge in [-0.15, -0.1) is 0 Å². The van der Waals surface area contributed by atoms with Crippen LogP contribution in [-0.2, 0) is 26.2 Å². The van der Waals surface area contributed by atoms with E-state index in [-0.39, 0.29) is 30.1 Å². The zero-order valence-electron chi connectivity index (χ0n) is 22.2. The van der Waals surface area contributed by atoms with E-state index >= 15 is 0 Å². The van der Waals surface area contributed by atoms with Crippen molar-refractivity contribution in [2.45, 2.75) is 52.2 Å². The van der Waals surface area contributed by atoms with Gasteiger partial charge in [0.25, 0.3) is 5.69 Å². The molecule has 0 fully saturated rings. The van der Waals surface area contributed by atoms with Crippen LogP contribution in [-0.4, -0.2) is 61.5 Å². The monoisotopic (exact) mass is 568 g/mol. The Hall–Kier alpha value is -3.38. The lowest BCUT2D eigenvalue weighted by Crippen LogP contribution is -2.55. The van der Waals surface area contributed by atoms with E-state index in [9.17, 15) is 28.1 Å². The van der Waals surface area contributed by atoms with E-state index in [2.05, 4.69) is 5.32 Å². The molecule has 0 aliphatic rings. The van der Waals surface area contributed by atoms with Gasteiger partial charge in [0.1, 0.15) is 24.0 Å². The van der Waals surface area contributed by atoms with Crippen LogP contribution in [0, 0.1) is 10.1 Å². The number of nitro groups is 1. The number of anilines is 1. The van der Waals surface area contributed by atoms with Gasteiger partial charge in [0.2, 0.25) is 21.8 Å². The van der Waals surface area contributed by atoms with Crippen molar-refractivity contribution >= 4 is 44.8 Å². The Morgan fingerprint density at radius 2 is 1.76 bits per heavy atom. The van der Waals surface area contributed by atoms with Gasteiger partial charge in [-0.3, -0.25) is 24.0 Å². The number of rotatable bonds is 11. The summed E-state index contributed by atoms with van der Waals surface area (Å²) in [6.45, 7) is 6.45. The van der Waals surface area contributed by atoms with Crippen molar-refractivity contribution in [1.82, 2.24) is 10.2 Å². The number of non-ortho nitro benzene ring substituents is 1. The Bertz CT molecular complexity index is 1280. The number of nitrogens with one attached hydrogen (secondary N) is 1. The van der Waals surface area contributed by atoms with Crippen LogP contribution in [0.25, 0.3) is 0 Å². The van der Waals surface area contributed by atoms with E-state index in [0.29, 0.717) is 10.6 Å². The fraction of sp³-hybridized carbons (Fsp3) is 0.440. The van der Waals surface area contributed by atoms with Gasteiger partial charge >= 0.3 is 0 Å². The molecule has 0 saturated heterocycles. The summed E-state index contributed by atoms with van der Waals surface area (Å²) in [5.41, 5.74) is -0.454. The number of halogens is 1. The standard InChI is InChI=1S/C25H33ClN4O7S/c1-7-20(24(32)27-25(2,3)4)28(15-17-8-10-18(26)11-9-17)23(31)16-29(38(6,35)36)21-14-19(30(33)34)12-13-22(21)37-5/h8-14,20H,7,15-16H2,1-6H3,(H,27,32)/t20-/m0/s1. The number of carbonyl (C=O) groups excluding carboxylic acids is 2. The number of hydrogen-bond acceptors (Lipinski definition) is 7. The molecule has 2 aromatic rings. The normalized spacial score (nSPS) is 12.4. The highest BCUT2D eigenvalue weighted by molar-refractivity contribution is 7.92. The fourth-order valence-corrected chi connectivity index (χ4v) is 4.71. The average molecular weight is 569 g/mol. The van der Waals surface area contributed by atoms with Crippen molar-refractivity contribution in [2.24, 2.45) is 0 Å². The van der Waals surface area contributed by atoms with Crippen molar-refractivity contribution in [3.63, 3.8) is 0 Å². The van der Waals surface area contributed by atoms with Crippen molar-refractivity contribution in [3.05, 3.63) is 63.2 Å². The molecule has 0 bridgehead atoms. The average Bonchev–Trinajstić information content (AvgIpc) is 2.81. The van der Waals surface area contributed by atoms with Crippen LogP contribution in [0.15, 0.2) is 42.5 Å². The highest BCUT2D eigenvalue weighted by atomic mass is 35.5. The van der Waals surface area contributed by atoms with Crippen molar-refractivity contribution < 1.29 is 27.7 Å². The van der Waals surface area contributed by atoms with Gasteiger partial charge in [-0.2, -0.15) is 0 Å². The molecule has 2 amide bonds. The summed E-state index contributed by atoms with van der Waals surface area (Å²) in [6, 6.07) is 9.23. The van der Waals surface area contributed by atoms with Crippen LogP contribution >= 0.6 is 11.6 Å². The number of methoxy groups -OCH3 is 1. The molecule has 0 aliphatic carbocycles. The van der Waals surface area contributed by atoms with E-state index in [0.717, 1.165) is 16.6 Å². The molecule has 2 rings (SSSR count). The molecular formula is C25H33ClN4O7S. The summed E-state index contributed by atoms with van der Waals surface area (Å²) in [7, 11) is -2.83. The number of carbonyl (C=O) groups is 2. The van der Waals surface area contributed by atoms with E-state index in [1.165, 1.54) is 24.1 Å². The molecule has 1 N–H and O–H groups in total. The summed E-state index contributed by atoms with van der Waals surface area (Å²) < 4.78 is 31.6. The van der Waals surface area contributed by atoms with Gasteiger partial charge in [-0.05, 0) is 51.0 Å². The Morgan fingerprint density at radius 3 is 2.24 bits per heavy atom. The third-order valence-corrected chi connectivity index (χ3v) is 6.85. The van der Waals surface area contributed by atoms with E-state index in [4.69, 9.17) is 16.3 Å². The molecular weight excluding hydrogens is 536 g/mol. The van der Waals surface area contributed by atoms with Crippen molar-refractivity contribution in [1.29, 1.82) is 0 Å². The molecule has 38 heavy (non-hydrogen) atoms. The van der Waals surface area contributed by atoms with E-state index in [1.54, 1.807) is 31.2 Å². The second kappa shape index (κ2) is 12.4. The lowest BCUT2D eigenvalue weighted by atomic mass is 10.1. The van der Waals surface area contributed by atoms with E-state index < -0.39 is 44.9 Å². The topological polar surface area (TPSA) is 139 Å². The van der Waals surface area contributed by atoms with Gasteiger partial charge < -0.3 is 15.0 Å². The molecule has 0 aromatic heterocycles. The Morgan fingerprint density at radius 1 is 1.16 bits per heavy atom. The third kappa shape index (κ3) is 8.32. The van der Waals surface area contributed by atoms with Crippen molar-refractivity contribution in [2.75, 3.05) is 24.2 Å². The van der Waals surface area contributed by atoms with Gasteiger partial charge in [0, 0.05) is 29.2 Å². The minimum Gasteiger partial charge on any atom is -0.495 e. The van der Waals surface area contributed by atoms with Crippen LogP contribution in [0.3, 0.4) is 0 Å². The fourth-order valence-electron chi connectivity index (χ4n) is 3.74. The van der Waals surface area contributed by atoms with Gasteiger partial charge in [-0.25, -0.2) is 8.42 Å². The summed E-state index contributed by atoms with van der Waals surface area (Å²) in [4.78, 5) is 39.0. The maximum atomic E-state index is 13.8. The second-order valence-corrected chi connectivity index (χ2v) is 12.0. The highest BCUT2D eigenvalue weighted by Crippen LogP contribution is 2.34. The number of hydrogen-bond donors (Lipinski definition) is 1. The lowest BCUT2D eigenvalue weighted by Gasteiger charge is -2.34. The summed E-state index contributed by atoms with van der Waals surface area (Å²) in [5.74, 6) is -1.06. The molecule has 0 unspecified atom stereocenters. The third-order valence-electron chi connectivity index (χ3n) is 5.47. The number of benzene rings is 2.